The number of sulfonamides is 1. The Kier molecular flexibility index (Phi) is 4.98. The van der Waals surface area contributed by atoms with E-state index in [1.54, 1.807) is 30.5 Å². The molecule has 0 spiro atoms. The smallest absolute Gasteiger partial charge is 0.261 e. The molecule has 7 nitrogen and oxygen atoms in total. The van der Waals surface area contributed by atoms with Gasteiger partial charge in [0.2, 0.25) is 5.91 Å². The molecule has 2 aromatic rings. The van der Waals surface area contributed by atoms with Crippen molar-refractivity contribution in [2.45, 2.75) is 37.0 Å². The van der Waals surface area contributed by atoms with E-state index in [0.717, 1.165) is 37.2 Å². The highest BCUT2D eigenvalue weighted by atomic mass is 32.2. The topological polar surface area (TPSA) is 82.6 Å². The molecule has 2 aliphatic heterocycles. The monoisotopic (exact) mass is 414 g/mol. The zero-order chi connectivity index (χ0) is 20.6. The van der Waals surface area contributed by atoms with Crippen molar-refractivity contribution in [3.63, 3.8) is 0 Å². The third kappa shape index (κ3) is 3.94. The molecule has 1 aromatic carbocycles. The third-order valence-electron chi connectivity index (χ3n) is 5.63. The molecule has 0 radical (unpaired) electrons. The Balaban J connectivity index is 1.59. The lowest BCUT2D eigenvalue weighted by atomic mass is 9.87. The van der Waals surface area contributed by atoms with Gasteiger partial charge in [0.25, 0.3) is 10.0 Å². The van der Waals surface area contributed by atoms with Crippen LogP contribution in [0.2, 0.25) is 0 Å². The Morgan fingerprint density at radius 2 is 1.97 bits per heavy atom. The van der Waals surface area contributed by atoms with Crippen molar-refractivity contribution in [1.82, 2.24) is 9.88 Å². The molecule has 4 rings (SSSR count). The van der Waals surface area contributed by atoms with E-state index in [1.807, 2.05) is 11.0 Å². The van der Waals surface area contributed by atoms with Crippen LogP contribution in [-0.2, 0) is 20.2 Å². The van der Waals surface area contributed by atoms with Gasteiger partial charge >= 0.3 is 0 Å². The van der Waals surface area contributed by atoms with E-state index in [0.29, 0.717) is 18.8 Å². The maximum atomic E-state index is 12.8. The number of rotatable bonds is 5. The Morgan fingerprint density at radius 3 is 2.66 bits per heavy atom. The van der Waals surface area contributed by atoms with Crippen LogP contribution in [0.3, 0.4) is 0 Å². The van der Waals surface area contributed by atoms with Crippen LogP contribution in [0.5, 0.6) is 0 Å². The lowest BCUT2D eigenvalue weighted by Crippen LogP contribution is -2.40. The van der Waals surface area contributed by atoms with Crippen LogP contribution in [0.4, 0.5) is 11.4 Å². The van der Waals surface area contributed by atoms with E-state index in [2.05, 4.69) is 28.5 Å². The average molecular weight is 415 g/mol. The first-order valence-corrected chi connectivity index (χ1v) is 11.3. The van der Waals surface area contributed by atoms with Gasteiger partial charge in [-0.3, -0.25) is 14.5 Å². The van der Waals surface area contributed by atoms with Gasteiger partial charge in [-0.2, -0.15) is 0 Å². The second-order valence-corrected chi connectivity index (χ2v) is 10.0. The molecule has 154 valence electrons. The molecule has 1 fully saturated rings. The summed E-state index contributed by atoms with van der Waals surface area (Å²) in [5, 5.41) is 0. The molecule has 1 N–H and O–H groups in total. The number of pyridine rings is 1. The number of benzene rings is 1. The maximum absolute atomic E-state index is 12.8. The molecule has 3 heterocycles. The van der Waals surface area contributed by atoms with Crippen molar-refractivity contribution >= 4 is 27.3 Å². The minimum atomic E-state index is -3.72. The predicted octanol–water partition coefficient (Wildman–Crippen LogP) is 2.60. The van der Waals surface area contributed by atoms with Gasteiger partial charge < -0.3 is 9.80 Å². The Bertz CT molecular complexity index is 1020. The summed E-state index contributed by atoms with van der Waals surface area (Å²) in [6.45, 7) is 6.84. The number of fused-ring (bicyclic) bond motifs is 1. The number of nitrogens with one attached hydrogen (secondary N) is 1. The van der Waals surface area contributed by atoms with Crippen molar-refractivity contribution < 1.29 is 13.2 Å². The van der Waals surface area contributed by atoms with Crippen molar-refractivity contribution in [1.29, 1.82) is 0 Å². The summed E-state index contributed by atoms with van der Waals surface area (Å²) in [5.74, 6) is 0.140. The SMILES string of the molecule is CC1(C)CN(CC(=O)N2CCCC2)c2ccc(S(=O)(=O)Nc3cccnc3)cc21. The largest absolute Gasteiger partial charge is 0.361 e. The number of likely N-dealkylation sites (tertiary alicyclic amines) is 1. The highest BCUT2D eigenvalue weighted by molar-refractivity contribution is 7.92. The van der Waals surface area contributed by atoms with Gasteiger partial charge in [0, 0.05) is 36.9 Å². The van der Waals surface area contributed by atoms with E-state index >= 15 is 0 Å². The first-order valence-electron chi connectivity index (χ1n) is 9.86. The number of nitrogens with zero attached hydrogens (tertiary/aromatic N) is 3. The first-order chi connectivity index (χ1) is 13.8. The van der Waals surface area contributed by atoms with Crippen LogP contribution in [0, 0.1) is 0 Å². The number of amides is 1. The molecule has 1 aromatic heterocycles. The van der Waals surface area contributed by atoms with Gasteiger partial charge in [-0.05, 0) is 48.7 Å². The summed E-state index contributed by atoms with van der Waals surface area (Å²) in [4.78, 5) is 20.8. The molecule has 0 aliphatic carbocycles. The van der Waals surface area contributed by atoms with E-state index < -0.39 is 10.0 Å². The normalized spacial score (nSPS) is 18.0. The van der Waals surface area contributed by atoms with E-state index in [1.165, 1.54) is 6.20 Å². The summed E-state index contributed by atoms with van der Waals surface area (Å²) in [7, 11) is -3.72. The summed E-state index contributed by atoms with van der Waals surface area (Å²) in [6, 6.07) is 8.49. The molecule has 0 unspecified atom stereocenters. The lowest BCUT2D eigenvalue weighted by Gasteiger charge is -2.24. The predicted molar refractivity (Wildman–Crippen MR) is 113 cm³/mol. The van der Waals surface area contributed by atoms with E-state index in [4.69, 9.17) is 0 Å². The summed E-state index contributed by atoms with van der Waals surface area (Å²) >= 11 is 0. The third-order valence-corrected chi connectivity index (χ3v) is 7.01. The standard InChI is InChI=1S/C21H26N4O3S/c1-21(2)15-25(14-20(26)24-10-3-4-11-24)19-8-7-17(12-18(19)21)29(27,28)23-16-6-5-9-22-13-16/h5-9,12-13,23H,3-4,10-11,14-15H2,1-2H3. The molecule has 29 heavy (non-hydrogen) atoms. The summed E-state index contributed by atoms with van der Waals surface area (Å²) in [6.07, 6.45) is 5.20. The average Bonchev–Trinajstić information content (AvgIpc) is 3.29. The number of hydrogen-bond acceptors (Lipinski definition) is 5. The van der Waals surface area contributed by atoms with E-state index in [9.17, 15) is 13.2 Å². The van der Waals surface area contributed by atoms with Crippen LogP contribution in [0.1, 0.15) is 32.3 Å². The highest BCUT2D eigenvalue weighted by Gasteiger charge is 2.37. The van der Waals surface area contributed by atoms with Crippen LogP contribution in [0.25, 0.3) is 0 Å². The van der Waals surface area contributed by atoms with Gasteiger partial charge in [0.15, 0.2) is 0 Å². The second-order valence-electron chi connectivity index (χ2n) is 8.35. The first kappa shape index (κ1) is 19.7. The maximum Gasteiger partial charge on any atom is 0.261 e. The minimum Gasteiger partial charge on any atom is -0.361 e. The van der Waals surface area contributed by atoms with Gasteiger partial charge in [0.05, 0.1) is 23.3 Å². The van der Waals surface area contributed by atoms with Crippen molar-refractivity contribution in [3.8, 4) is 0 Å². The molecule has 0 bridgehead atoms. The Labute approximate surface area is 171 Å². The molecule has 1 saturated heterocycles. The molecular weight excluding hydrogens is 388 g/mol. The fourth-order valence-electron chi connectivity index (χ4n) is 4.16. The van der Waals surface area contributed by atoms with Gasteiger partial charge in [-0.15, -0.1) is 0 Å². The minimum absolute atomic E-state index is 0.140. The van der Waals surface area contributed by atoms with Crippen LogP contribution < -0.4 is 9.62 Å². The van der Waals surface area contributed by atoms with Gasteiger partial charge in [0.1, 0.15) is 0 Å². The molecule has 1 amide bonds. The van der Waals surface area contributed by atoms with Gasteiger partial charge in [-0.25, -0.2) is 8.42 Å². The Hall–Kier alpha value is -2.61. The number of carbonyl (C=O) groups is 1. The van der Waals surface area contributed by atoms with Crippen LogP contribution in [-0.4, -0.2) is 50.4 Å². The zero-order valence-corrected chi connectivity index (χ0v) is 17.6. The molecule has 8 heteroatoms. The quantitative estimate of drug-likeness (QED) is 0.813. The molecule has 0 saturated carbocycles. The summed E-state index contributed by atoms with van der Waals surface area (Å²) in [5.41, 5.74) is 2.05. The number of hydrogen-bond donors (Lipinski definition) is 1. The molecule has 2 aliphatic rings. The van der Waals surface area contributed by atoms with Crippen LogP contribution in [0.15, 0.2) is 47.6 Å². The van der Waals surface area contributed by atoms with Crippen molar-refractivity contribution in [2.75, 3.05) is 35.8 Å². The fourth-order valence-corrected chi connectivity index (χ4v) is 5.22. The lowest BCUT2D eigenvalue weighted by molar-refractivity contribution is -0.128. The van der Waals surface area contributed by atoms with E-state index in [-0.39, 0.29) is 16.2 Å². The molecular formula is C21H26N4O3S. The van der Waals surface area contributed by atoms with Crippen molar-refractivity contribution in [3.05, 3.63) is 48.3 Å². The fraction of sp³-hybridized carbons (Fsp3) is 0.429. The number of aromatic nitrogens is 1. The zero-order valence-electron chi connectivity index (χ0n) is 16.8. The molecule has 0 atom stereocenters. The number of anilines is 2. The Morgan fingerprint density at radius 1 is 1.21 bits per heavy atom. The van der Waals surface area contributed by atoms with Crippen LogP contribution >= 0.6 is 0 Å². The highest BCUT2D eigenvalue weighted by Crippen LogP contribution is 2.41. The summed E-state index contributed by atoms with van der Waals surface area (Å²) < 4.78 is 28.2. The number of carbonyl (C=O) groups excluding carboxylic acids is 1. The second kappa shape index (κ2) is 7.33. The van der Waals surface area contributed by atoms with Crippen molar-refractivity contribution in [2.24, 2.45) is 0 Å². The van der Waals surface area contributed by atoms with Gasteiger partial charge in [-0.1, -0.05) is 13.8 Å².